The van der Waals surface area contributed by atoms with Gasteiger partial charge in [-0.05, 0) is 63.1 Å². The highest BCUT2D eigenvalue weighted by atomic mass is 16.2. The third-order valence-electron chi connectivity index (χ3n) is 5.06. The molecule has 0 radical (unpaired) electrons. The molecule has 2 aromatic carbocycles. The summed E-state index contributed by atoms with van der Waals surface area (Å²) in [6.07, 6.45) is 0.838. The van der Waals surface area contributed by atoms with Crippen LogP contribution in [0.5, 0.6) is 0 Å². The van der Waals surface area contributed by atoms with Gasteiger partial charge in [-0.3, -0.25) is 14.3 Å². The maximum atomic E-state index is 12.7. The molecule has 0 aliphatic carbocycles. The van der Waals surface area contributed by atoms with E-state index in [0.717, 1.165) is 23.4 Å². The summed E-state index contributed by atoms with van der Waals surface area (Å²) in [5.74, 6) is -0.447. The first-order valence-electron chi connectivity index (χ1n) is 10.2. The maximum absolute atomic E-state index is 12.7. The van der Waals surface area contributed by atoms with Gasteiger partial charge in [0, 0.05) is 17.3 Å². The van der Waals surface area contributed by atoms with Gasteiger partial charge >= 0.3 is 0 Å². The van der Waals surface area contributed by atoms with Crippen molar-refractivity contribution < 1.29 is 9.59 Å². The standard InChI is InChI=1S/C24H28N4O2/c1-5-16(2)25-24(30)21-8-6-7-9-22(21)26-23(29)20-12-10-19(11-13-20)15-28-18(4)14-17(3)27-28/h6-14,16H,5,15H2,1-4H3,(H,25,30)(H,26,29)/t16-/m1/s1. The summed E-state index contributed by atoms with van der Waals surface area (Å²) in [7, 11) is 0. The van der Waals surface area contributed by atoms with Gasteiger partial charge in [-0.15, -0.1) is 0 Å². The summed E-state index contributed by atoms with van der Waals surface area (Å²) >= 11 is 0. The number of hydrogen-bond donors (Lipinski definition) is 2. The Bertz CT molecular complexity index is 1040. The monoisotopic (exact) mass is 404 g/mol. The van der Waals surface area contributed by atoms with Gasteiger partial charge in [0.2, 0.25) is 0 Å². The van der Waals surface area contributed by atoms with E-state index < -0.39 is 0 Å². The highest BCUT2D eigenvalue weighted by Crippen LogP contribution is 2.17. The Morgan fingerprint density at radius 1 is 1.03 bits per heavy atom. The van der Waals surface area contributed by atoms with Gasteiger partial charge in [-0.25, -0.2) is 0 Å². The number of para-hydroxylation sites is 1. The van der Waals surface area contributed by atoms with E-state index in [-0.39, 0.29) is 17.9 Å². The summed E-state index contributed by atoms with van der Waals surface area (Å²) in [5, 5.41) is 10.3. The van der Waals surface area contributed by atoms with Crippen molar-refractivity contribution in [3.63, 3.8) is 0 Å². The number of aromatic nitrogens is 2. The molecule has 1 atom stereocenters. The molecule has 0 unspecified atom stereocenters. The van der Waals surface area contributed by atoms with E-state index in [1.807, 2.05) is 50.6 Å². The van der Waals surface area contributed by atoms with Crippen molar-refractivity contribution in [1.82, 2.24) is 15.1 Å². The van der Waals surface area contributed by atoms with E-state index in [1.54, 1.807) is 36.4 Å². The summed E-state index contributed by atoms with van der Waals surface area (Å²) in [5.41, 5.74) is 4.62. The zero-order valence-corrected chi connectivity index (χ0v) is 17.9. The molecular weight excluding hydrogens is 376 g/mol. The Morgan fingerprint density at radius 2 is 1.73 bits per heavy atom. The first-order valence-corrected chi connectivity index (χ1v) is 10.2. The van der Waals surface area contributed by atoms with E-state index in [1.165, 1.54) is 0 Å². The third-order valence-corrected chi connectivity index (χ3v) is 5.06. The second-order valence-corrected chi connectivity index (χ2v) is 7.56. The molecule has 6 heteroatoms. The van der Waals surface area contributed by atoms with Crippen molar-refractivity contribution in [1.29, 1.82) is 0 Å². The topological polar surface area (TPSA) is 76.0 Å². The zero-order chi connectivity index (χ0) is 21.7. The lowest BCUT2D eigenvalue weighted by atomic mass is 10.1. The predicted octanol–water partition coefficient (Wildman–Crippen LogP) is 4.33. The lowest BCUT2D eigenvalue weighted by molar-refractivity contribution is 0.0940. The zero-order valence-electron chi connectivity index (χ0n) is 17.9. The highest BCUT2D eigenvalue weighted by molar-refractivity contribution is 6.09. The number of nitrogens with one attached hydrogen (secondary N) is 2. The quantitative estimate of drug-likeness (QED) is 0.615. The van der Waals surface area contributed by atoms with Crippen LogP contribution < -0.4 is 10.6 Å². The molecule has 3 aromatic rings. The van der Waals surface area contributed by atoms with E-state index >= 15 is 0 Å². The fourth-order valence-electron chi connectivity index (χ4n) is 3.16. The van der Waals surface area contributed by atoms with Crippen LogP contribution in [-0.4, -0.2) is 27.6 Å². The van der Waals surface area contributed by atoms with E-state index in [9.17, 15) is 9.59 Å². The van der Waals surface area contributed by atoms with E-state index in [0.29, 0.717) is 23.4 Å². The van der Waals surface area contributed by atoms with Crippen molar-refractivity contribution in [3.8, 4) is 0 Å². The molecule has 0 saturated heterocycles. The molecule has 0 bridgehead atoms. The fraction of sp³-hybridized carbons (Fsp3) is 0.292. The Balaban J connectivity index is 1.71. The molecule has 2 amide bonds. The molecule has 1 heterocycles. The van der Waals surface area contributed by atoms with Crippen LogP contribution >= 0.6 is 0 Å². The molecule has 0 spiro atoms. The van der Waals surface area contributed by atoms with Crippen molar-refractivity contribution >= 4 is 17.5 Å². The number of nitrogens with zero attached hydrogens (tertiary/aromatic N) is 2. The van der Waals surface area contributed by atoms with E-state index in [4.69, 9.17) is 0 Å². The van der Waals surface area contributed by atoms with E-state index in [2.05, 4.69) is 15.7 Å². The van der Waals surface area contributed by atoms with Gasteiger partial charge in [0.25, 0.3) is 11.8 Å². The number of benzene rings is 2. The molecule has 0 fully saturated rings. The Labute approximate surface area is 177 Å². The normalized spacial score (nSPS) is 11.7. The Kier molecular flexibility index (Phi) is 6.67. The molecule has 2 N–H and O–H groups in total. The van der Waals surface area contributed by atoms with Crippen LogP contribution in [0.4, 0.5) is 5.69 Å². The Hall–Kier alpha value is -3.41. The molecule has 156 valence electrons. The SMILES string of the molecule is CC[C@@H](C)NC(=O)c1ccccc1NC(=O)c1ccc(Cn2nc(C)cc2C)cc1. The number of carbonyl (C=O) groups excluding carboxylic acids is 2. The highest BCUT2D eigenvalue weighted by Gasteiger charge is 2.15. The lowest BCUT2D eigenvalue weighted by Crippen LogP contribution is -2.32. The van der Waals surface area contributed by atoms with Gasteiger partial charge in [-0.1, -0.05) is 31.2 Å². The van der Waals surface area contributed by atoms with Gasteiger partial charge in [0.05, 0.1) is 23.5 Å². The third kappa shape index (κ3) is 5.14. The summed E-state index contributed by atoms with van der Waals surface area (Å²) in [6.45, 7) is 8.61. The average molecular weight is 405 g/mol. The van der Waals surface area contributed by atoms with Crippen LogP contribution in [0, 0.1) is 13.8 Å². The van der Waals surface area contributed by atoms with Crippen LogP contribution in [0.15, 0.2) is 54.6 Å². The Morgan fingerprint density at radius 3 is 2.37 bits per heavy atom. The maximum Gasteiger partial charge on any atom is 0.255 e. The minimum atomic E-state index is -0.253. The second kappa shape index (κ2) is 9.39. The van der Waals surface area contributed by atoms with Crippen molar-refractivity contribution in [2.45, 2.75) is 46.7 Å². The predicted molar refractivity (Wildman–Crippen MR) is 119 cm³/mol. The molecular formula is C24H28N4O2. The number of hydrogen-bond acceptors (Lipinski definition) is 3. The summed E-state index contributed by atoms with van der Waals surface area (Å²) in [4.78, 5) is 25.3. The lowest BCUT2D eigenvalue weighted by Gasteiger charge is -2.15. The number of rotatable bonds is 7. The summed E-state index contributed by atoms with van der Waals surface area (Å²) < 4.78 is 1.94. The number of anilines is 1. The molecule has 0 aliphatic rings. The first kappa shape index (κ1) is 21.3. The van der Waals surface area contributed by atoms with Gasteiger partial charge < -0.3 is 10.6 Å². The molecule has 0 aliphatic heterocycles. The number of carbonyl (C=O) groups is 2. The summed E-state index contributed by atoms with van der Waals surface area (Å²) in [6, 6.07) is 16.6. The van der Waals surface area contributed by atoms with Crippen molar-refractivity contribution in [3.05, 3.63) is 82.7 Å². The van der Waals surface area contributed by atoms with Gasteiger partial charge in [-0.2, -0.15) is 5.10 Å². The van der Waals surface area contributed by atoms with Crippen LogP contribution in [-0.2, 0) is 6.54 Å². The smallest absolute Gasteiger partial charge is 0.255 e. The fourth-order valence-corrected chi connectivity index (χ4v) is 3.16. The molecule has 6 nitrogen and oxygen atoms in total. The molecule has 0 saturated carbocycles. The number of aryl methyl sites for hydroxylation is 2. The van der Waals surface area contributed by atoms with Crippen LogP contribution in [0.25, 0.3) is 0 Å². The second-order valence-electron chi connectivity index (χ2n) is 7.56. The van der Waals surface area contributed by atoms with Crippen LogP contribution in [0.3, 0.4) is 0 Å². The van der Waals surface area contributed by atoms with Crippen molar-refractivity contribution in [2.24, 2.45) is 0 Å². The average Bonchev–Trinajstić information content (AvgIpc) is 3.05. The number of amides is 2. The largest absolute Gasteiger partial charge is 0.350 e. The van der Waals surface area contributed by atoms with Gasteiger partial charge in [0.15, 0.2) is 0 Å². The van der Waals surface area contributed by atoms with Gasteiger partial charge in [0.1, 0.15) is 0 Å². The minimum absolute atomic E-state index is 0.0658. The minimum Gasteiger partial charge on any atom is -0.350 e. The van der Waals surface area contributed by atoms with Crippen LogP contribution in [0.1, 0.15) is 57.9 Å². The molecule has 1 aromatic heterocycles. The van der Waals surface area contributed by atoms with Crippen LogP contribution in [0.2, 0.25) is 0 Å². The molecule has 3 rings (SSSR count). The van der Waals surface area contributed by atoms with Crippen molar-refractivity contribution in [2.75, 3.05) is 5.32 Å². The molecule has 30 heavy (non-hydrogen) atoms. The first-order chi connectivity index (χ1) is 14.4.